The molecule has 2 heterocycles. The first-order valence-electron chi connectivity index (χ1n) is 7.64. The van der Waals surface area contributed by atoms with Gasteiger partial charge in [-0.05, 0) is 18.2 Å². The van der Waals surface area contributed by atoms with E-state index in [1.807, 2.05) is 0 Å². The highest BCUT2D eigenvalue weighted by Gasteiger charge is 2.16. The summed E-state index contributed by atoms with van der Waals surface area (Å²) >= 11 is 1.16. The minimum Gasteiger partial charge on any atom is -0.490 e. The molecule has 0 fully saturated rings. The van der Waals surface area contributed by atoms with Gasteiger partial charge in [0.2, 0.25) is 11.1 Å². The number of methoxy groups -OCH3 is 1. The van der Waals surface area contributed by atoms with Crippen LogP contribution in [0.5, 0.6) is 5.75 Å². The highest BCUT2D eigenvalue weighted by molar-refractivity contribution is 7.99. The number of anilines is 1. The predicted molar refractivity (Wildman–Crippen MR) is 98.6 cm³/mol. The summed E-state index contributed by atoms with van der Waals surface area (Å²) in [5.41, 5.74) is 1.07. The number of pyridine rings is 1. The largest absolute Gasteiger partial charge is 0.490 e. The molecule has 3 rings (SSSR count). The number of aromatic amines is 1. The Hall–Kier alpha value is -3.47. The number of thioether (sulfide) groups is 1. The van der Waals surface area contributed by atoms with Gasteiger partial charge >= 0.3 is 5.69 Å². The van der Waals surface area contributed by atoms with E-state index in [2.05, 4.69) is 25.5 Å². The first-order chi connectivity index (χ1) is 13.1. The van der Waals surface area contributed by atoms with E-state index >= 15 is 0 Å². The Morgan fingerprint density at radius 2 is 2.11 bits per heavy atom. The molecule has 11 heteroatoms. The lowest BCUT2D eigenvalue weighted by molar-refractivity contribution is -0.385. The molecule has 0 bridgehead atoms. The van der Waals surface area contributed by atoms with Crippen LogP contribution in [0.25, 0.3) is 11.4 Å². The maximum Gasteiger partial charge on any atom is 0.311 e. The van der Waals surface area contributed by atoms with Crippen molar-refractivity contribution in [2.24, 2.45) is 0 Å². The lowest BCUT2D eigenvalue weighted by Crippen LogP contribution is -2.14. The molecule has 2 N–H and O–H groups in total. The van der Waals surface area contributed by atoms with E-state index in [0.29, 0.717) is 16.7 Å². The lowest BCUT2D eigenvalue weighted by Gasteiger charge is -2.07. The standard InChI is InChI=1S/C16H14N6O4S/c1-26-13-8-11(2-3-12(13)22(24)25)18-14(23)9-27-16-19-15(20-21-16)10-4-6-17-7-5-10/h2-8H,9H2,1H3,(H,18,23)(H,19,20,21). The van der Waals surface area contributed by atoms with Crippen LogP contribution in [0.4, 0.5) is 11.4 Å². The van der Waals surface area contributed by atoms with Crippen LogP contribution in [0, 0.1) is 10.1 Å². The maximum atomic E-state index is 12.1. The zero-order valence-corrected chi connectivity index (χ0v) is 14.9. The summed E-state index contributed by atoms with van der Waals surface area (Å²) in [5.74, 6) is 0.431. The third-order valence-corrected chi connectivity index (χ3v) is 4.26. The minimum absolute atomic E-state index is 0.0708. The quantitative estimate of drug-likeness (QED) is 0.359. The predicted octanol–water partition coefficient (Wildman–Crippen LogP) is 2.51. The van der Waals surface area contributed by atoms with E-state index in [9.17, 15) is 14.9 Å². The molecular formula is C16H14N6O4S. The molecule has 27 heavy (non-hydrogen) atoms. The Balaban J connectivity index is 1.59. The van der Waals surface area contributed by atoms with Gasteiger partial charge in [0.25, 0.3) is 0 Å². The second-order valence-corrected chi connectivity index (χ2v) is 6.13. The number of hydrogen-bond donors (Lipinski definition) is 2. The van der Waals surface area contributed by atoms with E-state index in [4.69, 9.17) is 4.74 Å². The molecule has 0 spiro atoms. The number of nitro benzene ring substituents is 1. The minimum atomic E-state index is -0.552. The fourth-order valence-electron chi connectivity index (χ4n) is 2.18. The van der Waals surface area contributed by atoms with Crippen LogP contribution in [0.3, 0.4) is 0 Å². The van der Waals surface area contributed by atoms with Gasteiger partial charge in [-0.3, -0.25) is 25.0 Å². The summed E-state index contributed by atoms with van der Waals surface area (Å²) in [5, 5.41) is 20.8. The van der Waals surface area contributed by atoms with Crippen molar-refractivity contribution in [3.63, 3.8) is 0 Å². The summed E-state index contributed by atoms with van der Waals surface area (Å²) in [6.45, 7) is 0. The zero-order chi connectivity index (χ0) is 19.2. The number of rotatable bonds is 7. The molecule has 0 saturated carbocycles. The van der Waals surface area contributed by atoms with Crippen molar-refractivity contribution in [2.45, 2.75) is 5.16 Å². The monoisotopic (exact) mass is 386 g/mol. The van der Waals surface area contributed by atoms with Gasteiger partial charge in [-0.15, -0.1) is 5.10 Å². The topological polar surface area (TPSA) is 136 Å². The number of benzene rings is 1. The summed E-state index contributed by atoms with van der Waals surface area (Å²) in [7, 11) is 1.33. The average Bonchev–Trinajstić information content (AvgIpc) is 3.16. The van der Waals surface area contributed by atoms with E-state index in [0.717, 1.165) is 17.3 Å². The highest BCUT2D eigenvalue weighted by atomic mass is 32.2. The van der Waals surface area contributed by atoms with E-state index in [-0.39, 0.29) is 23.1 Å². The maximum absolute atomic E-state index is 12.1. The summed E-state index contributed by atoms with van der Waals surface area (Å²) < 4.78 is 4.98. The molecule has 0 unspecified atom stereocenters. The number of amides is 1. The molecule has 0 aliphatic carbocycles. The van der Waals surface area contributed by atoms with E-state index < -0.39 is 4.92 Å². The number of carbonyl (C=O) groups excluding carboxylic acids is 1. The molecule has 3 aromatic rings. The van der Waals surface area contributed by atoms with Gasteiger partial charge in [-0.2, -0.15) is 0 Å². The highest BCUT2D eigenvalue weighted by Crippen LogP contribution is 2.29. The van der Waals surface area contributed by atoms with Crippen LogP contribution in [0.1, 0.15) is 0 Å². The van der Waals surface area contributed by atoms with Crippen LogP contribution in [-0.4, -0.2) is 43.9 Å². The number of ether oxygens (including phenoxy) is 1. The number of nitrogens with one attached hydrogen (secondary N) is 2. The van der Waals surface area contributed by atoms with E-state index in [1.54, 1.807) is 24.5 Å². The summed E-state index contributed by atoms with van der Waals surface area (Å²) in [4.78, 5) is 30.7. The van der Waals surface area contributed by atoms with Crippen LogP contribution < -0.4 is 10.1 Å². The first-order valence-corrected chi connectivity index (χ1v) is 8.63. The molecule has 0 aliphatic heterocycles. The van der Waals surface area contributed by atoms with Crippen LogP contribution in [0.2, 0.25) is 0 Å². The molecule has 0 atom stereocenters. The number of H-pyrrole nitrogens is 1. The lowest BCUT2D eigenvalue weighted by atomic mass is 10.2. The van der Waals surface area contributed by atoms with Crippen molar-refractivity contribution < 1.29 is 14.5 Å². The van der Waals surface area contributed by atoms with Gasteiger partial charge in [0.1, 0.15) is 0 Å². The van der Waals surface area contributed by atoms with Crippen molar-refractivity contribution in [2.75, 3.05) is 18.2 Å². The van der Waals surface area contributed by atoms with Crippen molar-refractivity contribution in [3.8, 4) is 17.1 Å². The van der Waals surface area contributed by atoms with Crippen molar-refractivity contribution in [1.82, 2.24) is 20.2 Å². The van der Waals surface area contributed by atoms with Crippen LogP contribution in [0.15, 0.2) is 47.9 Å². The molecule has 1 amide bonds. The van der Waals surface area contributed by atoms with Gasteiger partial charge in [0.15, 0.2) is 11.6 Å². The fraction of sp³-hybridized carbons (Fsp3) is 0.125. The van der Waals surface area contributed by atoms with Crippen LogP contribution in [-0.2, 0) is 4.79 Å². The van der Waals surface area contributed by atoms with Crippen molar-refractivity contribution in [1.29, 1.82) is 0 Å². The van der Waals surface area contributed by atoms with Crippen LogP contribution >= 0.6 is 11.8 Å². The number of nitrogens with zero attached hydrogens (tertiary/aromatic N) is 4. The van der Waals surface area contributed by atoms with Gasteiger partial charge in [-0.1, -0.05) is 11.8 Å². The third kappa shape index (κ3) is 4.58. The first kappa shape index (κ1) is 18.3. The SMILES string of the molecule is COc1cc(NC(=O)CSc2n[nH]c(-c3ccncc3)n2)ccc1[N+](=O)[O-]. The Kier molecular flexibility index (Phi) is 5.61. The van der Waals surface area contributed by atoms with Gasteiger partial charge in [0.05, 0.1) is 17.8 Å². The molecule has 138 valence electrons. The number of nitro groups is 1. The van der Waals surface area contributed by atoms with Gasteiger partial charge in [-0.25, -0.2) is 4.98 Å². The summed E-state index contributed by atoms with van der Waals surface area (Å²) in [6, 6.07) is 7.71. The molecule has 1 aromatic carbocycles. The number of hydrogen-bond acceptors (Lipinski definition) is 8. The Labute approximate surface area is 157 Å². The average molecular weight is 386 g/mol. The normalized spacial score (nSPS) is 10.4. The Bertz CT molecular complexity index is 963. The molecular weight excluding hydrogens is 372 g/mol. The Morgan fingerprint density at radius 1 is 1.33 bits per heavy atom. The van der Waals surface area contributed by atoms with E-state index in [1.165, 1.54) is 25.3 Å². The molecule has 0 aliphatic rings. The fourth-order valence-corrected chi connectivity index (χ4v) is 2.78. The molecule has 0 saturated heterocycles. The van der Waals surface area contributed by atoms with Gasteiger partial charge in [0, 0.05) is 35.8 Å². The van der Waals surface area contributed by atoms with Crippen molar-refractivity contribution in [3.05, 3.63) is 52.8 Å². The smallest absolute Gasteiger partial charge is 0.311 e. The zero-order valence-electron chi connectivity index (χ0n) is 14.1. The van der Waals surface area contributed by atoms with Crippen molar-refractivity contribution >= 4 is 29.0 Å². The number of aromatic nitrogens is 4. The second kappa shape index (κ2) is 8.27. The van der Waals surface area contributed by atoms with Gasteiger partial charge < -0.3 is 10.1 Å². The molecule has 10 nitrogen and oxygen atoms in total. The summed E-state index contributed by atoms with van der Waals surface area (Å²) in [6.07, 6.45) is 3.30. The number of carbonyl (C=O) groups is 1. The molecule has 2 aromatic heterocycles. The second-order valence-electron chi connectivity index (χ2n) is 5.18. The third-order valence-electron chi connectivity index (χ3n) is 3.41. The Morgan fingerprint density at radius 3 is 2.81 bits per heavy atom. The molecule has 0 radical (unpaired) electrons.